The number of likely N-dealkylation sites (tertiary alicyclic amines) is 1. The fraction of sp³-hybridized carbons (Fsp3) is 0.211. The topological polar surface area (TPSA) is 87.9 Å². The third-order valence-corrected chi connectivity index (χ3v) is 4.12. The maximum Gasteiger partial charge on any atom is 0.245 e. The smallest absolute Gasteiger partial charge is 0.245 e. The number of nitrogens with one attached hydrogen (secondary N) is 1. The molecule has 1 fully saturated rings. The summed E-state index contributed by atoms with van der Waals surface area (Å²) in [4.78, 5) is 24.1. The van der Waals surface area contributed by atoms with Gasteiger partial charge in [-0.15, -0.1) is 0 Å². The molecule has 3 N–H and O–H groups in total. The van der Waals surface area contributed by atoms with Crippen LogP contribution in [0.15, 0.2) is 55.6 Å². The average molecular weight is 339 g/mol. The van der Waals surface area contributed by atoms with E-state index in [4.69, 9.17) is 5.73 Å². The van der Waals surface area contributed by atoms with Crippen LogP contribution in [0.25, 0.3) is 22.2 Å². The molecule has 0 atom stereocenters. The molecule has 0 unspecified atom stereocenters. The predicted octanol–water partition coefficient (Wildman–Crippen LogP) is 3.49. The summed E-state index contributed by atoms with van der Waals surface area (Å²) in [6.07, 6.45) is 10.8. The lowest BCUT2D eigenvalue weighted by molar-refractivity contribution is -0.124. The van der Waals surface area contributed by atoms with Gasteiger partial charge in [-0.1, -0.05) is 12.6 Å². The number of H-pyrrole nitrogens is 1. The van der Waals surface area contributed by atoms with Gasteiger partial charge in [0.25, 0.3) is 0 Å². The highest BCUT2D eigenvalue weighted by Crippen LogP contribution is 2.27. The van der Waals surface area contributed by atoms with Crippen LogP contribution in [0.4, 0.5) is 5.69 Å². The normalized spacial score (nSPS) is 13.4. The van der Waals surface area contributed by atoms with Gasteiger partial charge >= 0.3 is 0 Å². The Bertz CT molecular complexity index is 876. The van der Waals surface area contributed by atoms with E-state index < -0.39 is 0 Å². The summed E-state index contributed by atoms with van der Waals surface area (Å²) in [5.74, 6) is 0.0764. The summed E-state index contributed by atoms with van der Waals surface area (Å²) >= 11 is 0. The standard InChI is InChI=1S/C12H10N4.C7H11NO.2H2/c13-9-4-10-11(7-16-12(10)15-6-9)8-2-1-3-14-5-8;1-2-7(9)8-5-3-4-6-8;;/h1-7H,13H2,(H,15,16);2H,1,3-6H2;2*1H. The summed E-state index contributed by atoms with van der Waals surface area (Å²) in [5.41, 5.74) is 9.37. The van der Waals surface area contributed by atoms with Gasteiger partial charge in [0.1, 0.15) is 5.65 Å². The van der Waals surface area contributed by atoms with Crippen molar-refractivity contribution in [1.82, 2.24) is 19.9 Å². The highest BCUT2D eigenvalue weighted by atomic mass is 16.2. The van der Waals surface area contributed by atoms with Crippen molar-refractivity contribution in [1.29, 1.82) is 0 Å². The Balaban J connectivity index is 0.000000288. The number of nitrogens with zero attached hydrogens (tertiary/aromatic N) is 3. The first kappa shape index (κ1) is 16.7. The number of aromatic nitrogens is 3. The van der Waals surface area contributed by atoms with E-state index in [0.717, 1.165) is 48.1 Å². The molecule has 6 heteroatoms. The number of pyridine rings is 2. The molecule has 0 saturated carbocycles. The number of hydrogen-bond acceptors (Lipinski definition) is 4. The van der Waals surface area contributed by atoms with E-state index in [9.17, 15) is 4.79 Å². The zero-order chi connectivity index (χ0) is 17.6. The molecule has 1 amide bonds. The Morgan fingerprint density at radius 1 is 1.36 bits per heavy atom. The maximum atomic E-state index is 10.8. The van der Waals surface area contributed by atoms with Crippen molar-refractivity contribution >= 4 is 22.6 Å². The van der Waals surface area contributed by atoms with E-state index in [1.165, 1.54) is 6.08 Å². The van der Waals surface area contributed by atoms with E-state index in [-0.39, 0.29) is 8.76 Å². The molecule has 1 aliphatic rings. The number of nitrogens with two attached hydrogens (primary N) is 1. The minimum atomic E-state index is 0. The van der Waals surface area contributed by atoms with Crippen LogP contribution in [0.1, 0.15) is 15.7 Å². The molecular weight excluding hydrogens is 314 g/mol. The zero-order valence-corrected chi connectivity index (χ0v) is 14.0. The van der Waals surface area contributed by atoms with E-state index in [0.29, 0.717) is 5.69 Å². The molecule has 0 spiro atoms. The number of carbonyl (C=O) groups excluding carboxylic acids is 1. The third kappa shape index (κ3) is 3.85. The molecule has 0 bridgehead atoms. The van der Waals surface area contributed by atoms with Crippen molar-refractivity contribution in [3.8, 4) is 11.1 Å². The fourth-order valence-electron chi connectivity index (χ4n) is 2.85. The first-order valence-electron chi connectivity index (χ1n) is 8.23. The second-order valence-electron chi connectivity index (χ2n) is 5.85. The van der Waals surface area contributed by atoms with Gasteiger partial charge in [-0.05, 0) is 31.1 Å². The Labute approximate surface area is 149 Å². The summed E-state index contributed by atoms with van der Waals surface area (Å²) in [6.45, 7) is 5.26. The predicted molar refractivity (Wildman–Crippen MR) is 104 cm³/mol. The first-order valence-corrected chi connectivity index (χ1v) is 8.23. The second-order valence-corrected chi connectivity index (χ2v) is 5.85. The van der Waals surface area contributed by atoms with E-state index >= 15 is 0 Å². The lowest BCUT2D eigenvalue weighted by Crippen LogP contribution is -2.25. The fourth-order valence-corrected chi connectivity index (χ4v) is 2.85. The van der Waals surface area contributed by atoms with Gasteiger partial charge < -0.3 is 15.6 Å². The van der Waals surface area contributed by atoms with Crippen molar-refractivity contribution in [3.05, 3.63) is 55.6 Å². The minimum Gasteiger partial charge on any atom is -0.397 e. The van der Waals surface area contributed by atoms with E-state index in [2.05, 4.69) is 21.5 Å². The molecule has 6 nitrogen and oxygen atoms in total. The quantitative estimate of drug-likeness (QED) is 0.700. The highest BCUT2D eigenvalue weighted by molar-refractivity contribution is 5.94. The van der Waals surface area contributed by atoms with Crippen LogP contribution in [-0.4, -0.2) is 38.8 Å². The van der Waals surface area contributed by atoms with Crippen LogP contribution in [0.3, 0.4) is 0 Å². The Kier molecular flexibility index (Phi) is 5.09. The van der Waals surface area contributed by atoms with Crippen LogP contribution in [0, 0.1) is 0 Å². The summed E-state index contributed by atoms with van der Waals surface area (Å²) in [6, 6.07) is 5.84. The summed E-state index contributed by atoms with van der Waals surface area (Å²) in [5, 5.41) is 1.02. The molecule has 4 rings (SSSR count). The van der Waals surface area contributed by atoms with Gasteiger partial charge in [0, 0.05) is 51.0 Å². The van der Waals surface area contributed by atoms with Gasteiger partial charge in [-0.3, -0.25) is 9.78 Å². The van der Waals surface area contributed by atoms with Crippen molar-refractivity contribution in [2.45, 2.75) is 12.8 Å². The Hall–Kier alpha value is -3.15. The number of nitrogen functional groups attached to an aromatic ring is 1. The molecule has 0 aromatic carbocycles. The summed E-state index contributed by atoms with van der Waals surface area (Å²) in [7, 11) is 0. The van der Waals surface area contributed by atoms with E-state index in [1.54, 1.807) is 12.4 Å². The lowest BCUT2D eigenvalue weighted by atomic mass is 10.1. The van der Waals surface area contributed by atoms with Gasteiger partial charge in [0.15, 0.2) is 0 Å². The minimum absolute atomic E-state index is 0. The molecule has 0 radical (unpaired) electrons. The average Bonchev–Trinajstić information content (AvgIpc) is 3.32. The van der Waals surface area contributed by atoms with Crippen molar-refractivity contribution in [2.75, 3.05) is 18.8 Å². The molecule has 25 heavy (non-hydrogen) atoms. The number of aromatic amines is 1. The zero-order valence-electron chi connectivity index (χ0n) is 14.0. The number of anilines is 1. The van der Waals surface area contributed by atoms with Crippen LogP contribution in [0.5, 0.6) is 0 Å². The molecule has 1 aliphatic heterocycles. The van der Waals surface area contributed by atoms with Gasteiger partial charge in [0.05, 0.1) is 11.9 Å². The second kappa shape index (κ2) is 7.61. The largest absolute Gasteiger partial charge is 0.397 e. The Morgan fingerprint density at radius 3 is 2.84 bits per heavy atom. The van der Waals surface area contributed by atoms with Gasteiger partial charge in [0.2, 0.25) is 5.91 Å². The third-order valence-electron chi connectivity index (χ3n) is 4.12. The Morgan fingerprint density at radius 2 is 2.16 bits per heavy atom. The van der Waals surface area contributed by atoms with Crippen LogP contribution in [-0.2, 0) is 4.79 Å². The monoisotopic (exact) mass is 339 g/mol. The first-order chi connectivity index (χ1) is 12.2. The van der Waals surface area contributed by atoms with Crippen LogP contribution < -0.4 is 5.73 Å². The number of fused-ring (bicyclic) bond motifs is 1. The molecule has 3 aromatic rings. The van der Waals surface area contributed by atoms with Gasteiger partial charge in [-0.25, -0.2) is 4.98 Å². The molecular formula is C19H25N5O. The SMILES string of the molecule is C=CC(=O)N1CCCC1.Nc1cnc2[nH]cc(-c3cccnc3)c2c1.[HH].[HH]. The lowest BCUT2D eigenvalue weighted by Gasteiger charge is -2.10. The maximum absolute atomic E-state index is 10.8. The molecule has 132 valence electrons. The number of rotatable bonds is 2. The van der Waals surface area contributed by atoms with Crippen molar-refractivity contribution < 1.29 is 7.65 Å². The van der Waals surface area contributed by atoms with Crippen LogP contribution in [0.2, 0.25) is 0 Å². The molecule has 0 aliphatic carbocycles. The number of carbonyl (C=O) groups is 1. The van der Waals surface area contributed by atoms with Crippen molar-refractivity contribution in [2.24, 2.45) is 0 Å². The van der Waals surface area contributed by atoms with Gasteiger partial charge in [-0.2, -0.15) is 0 Å². The van der Waals surface area contributed by atoms with Crippen molar-refractivity contribution in [3.63, 3.8) is 0 Å². The molecule has 3 aromatic heterocycles. The molecule has 1 saturated heterocycles. The number of hydrogen-bond donors (Lipinski definition) is 2. The number of amides is 1. The highest BCUT2D eigenvalue weighted by Gasteiger charge is 2.14. The molecule has 4 heterocycles. The van der Waals surface area contributed by atoms with Crippen LogP contribution >= 0.6 is 0 Å². The summed E-state index contributed by atoms with van der Waals surface area (Å²) < 4.78 is 0. The van der Waals surface area contributed by atoms with E-state index in [1.807, 2.05) is 35.5 Å².